The van der Waals surface area contributed by atoms with E-state index in [1.165, 1.54) is 0 Å². The normalized spacial score (nSPS) is 9.87. The fraction of sp³-hybridized carbons (Fsp3) is 0.600. The molecule has 86 valence electrons. The van der Waals surface area contributed by atoms with E-state index in [1.807, 2.05) is 0 Å². The molecule has 0 aromatic rings. The molecule has 0 aromatic carbocycles. The Bertz CT molecular complexity index is 232. The van der Waals surface area contributed by atoms with Gasteiger partial charge in [-0.25, -0.2) is 0 Å². The number of hydrogen-bond acceptors (Lipinski definition) is 4. The number of carbonyl (C=O) groups is 2. The summed E-state index contributed by atoms with van der Waals surface area (Å²) < 4.78 is 9.55. The first kappa shape index (κ1) is 14.2. The van der Waals surface area contributed by atoms with Crippen LogP contribution in [0.4, 0.5) is 0 Å². The monoisotopic (exact) mass is 278 g/mol. The highest BCUT2D eigenvalue weighted by Gasteiger charge is 2.31. The van der Waals surface area contributed by atoms with Crippen molar-refractivity contribution in [2.75, 3.05) is 18.5 Å². The third-order valence-corrected chi connectivity index (χ3v) is 2.34. The van der Waals surface area contributed by atoms with Gasteiger partial charge in [0.25, 0.3) is 0 Å². The molecular formula is C10H15BrO4. The van der Waals surface area contributed by atoms with E-state index in [9.17, 15) is 9.59 Å². The summed E-state index contributed by atoms with van der Waals surface area (Å²) in [6, 6.07) is 0. The maximum absolute atomic E-state index is 11.5. The van der Waals surface area contributed by atoms with Crippen molar-refractivity contribution < 1.29 is 19.1 Å². The van der Waals surface area contributed by atoms with Crippen LogP contribution >= 0.6 is 15.9 Å². The predicted octanol–water partition coefficient (Wildman–Crippen LogP) is 1.68. The second kappa shape index (κ2) is 7.45. The van der Waals surface area contributed by atoms with Gasteiger partial charge in [-0.3, -0.25) is 9.59 Å². The Morgan fingerprint density at radius 2 is 1.60 bits per heavy atom. The van der Waals surface area contributed by atoms with Gasteiger partial charge in [-0.15, -0.1) is 0 Å². The van der Waals surface area contributed by atoms with Crippen LogP contribution in [0.15, 0.2) is 12.2 Å². The summed E-state index contributed by atoms with van der Waals surface area (Å²) in [5.74, 6) is -2.25. The second-order valence-corrected chi connectivity index (χ2v) is 3.29. The van der Waals surface area contributed by atoms with Crippen LogP contribution in [-0.2, 0) is 19.1 Å². The predicted molar refractivity (Wildman–Crippen MR) is 59.7 cm³/mol. The maximum atomic E-state index is 11.5. The summed E-state index contributed by atoms with van der Waals surface area (Å²) in [7, 11) is 0. The molecule has 0 heterocycles. The van der Waals surface area contributed by atoms with E-state index in [2.05, 4.69) is 22.5 Å². The number of halogens is 1. The Morgan fingerprint density at radius 3 is 1.87 bits per heavy atom. The van der Waals surface area contributed by atoms with Gasteiger partial charge in [0.05, 0.1) is 13.2 Å². The quantitative estimate of drug-likeness (QED) is 0.321. The van der Waals surface area contributed by atoms with E-state index < -0.39 is 17.9 Å². The molecule has 0 rings (SSSR count). The van der Waals surface area contributed by atoms with Crippen LogP contribution in [0.2, 0.25) is 0 Å². The largest absolute Gasteiger partial charge is 0.465 e. The first-order valence-corrected chi connectivity index (χ1v) is 5.77. The van der Waals surface area contributed by atoms with Gasteiger partial charge in [0.15, 0.2) is 5.92 Å². The Hall–Kier alpha value is -0.840. The average Bonchev–Trinajstić information content (AvgIpc) is 2.18. The number of hydrogen-bond donors (Lipinski definition) is 0. The van der Waals surface area contributed by atoms with Crippen LogP contribution in [0.25, 0.3) is 0 Å². The van der Waals surface area contributed by atoms with Crippen LogP contribution in [0, 0.1) is 5.92 Å². The summed E-state index contributed by atoms with van der Waals surface area (Å²) in [4.78, 5) is 22.9. The minimum absolute atomic E-state index is 0.226. The molecule has 15 heavy (non-hydrogen) atoms. The van der Waals surface area contributed by atoms with E-state index >= 15 is 0 Å². The SMILES string of the molecule is C=C(CBr)C(C(=O)OCC)C(=O)OCC. The van der Waals surface area contributed by atoms with Crippen molar-refractivity contribution in [3.63, 3.8) is 0 Å². The summed E-state index contributed by atoms with van der Waals surface area (Å²) >= 11 is 3.14. The van der Waals surface area contributed by atoms with Crippen molar-refractivity contribution >= 4 is 27.9 Å². The Balaban J connectivity index is 4.64. The molecule has 0 fully saturated rings. The molecule has 0 saturated heterocycles. The standard InChI is InChI=1S/C10H15BrO4/c1-4-14-9(12)8(7(3)6-11)10(13)15-5-2/h8H,3-6H2,1-2H3. The van der Waals surface area contributed by atoms with Gasteiger partial charge in [0, 0.05) is 5.33 Å². The Kier molecular flexibility index (Phi) is 7.03. The van der Waals surface area contributed by atoms with E-state index in [0.717, 1.165) is 0 Å². The topological polar surface area (TPSA) is 52.6 Å². The summed E-state index contributed by atoms with van der Waals surface area (Å²) in [5, 5.41) is 0.356. The number of carbonyl (C=O) groups excluding carboxylic acids is 2. The van der Waals surface area contributed by atoms with Gasteiger partial charge in [0.2, 0.25) is 0 Å². The van der Waals surface area contributed by atoms with Crippen molar-refractivity contribution in [2.24, 2.45) is 5.92 Å². The molecule has 0 aromatic heterocycles. The minimum atomic E-state index is -1.02. The molecule has 0 atom stereocenters. The third-order valence-electron chi connectivity index (χ3n) is 1.62. The first-order valence-electron chi connectivity index (χ1n) is 4.65. The molecule has 0 spiro atoms. The van der Waals surface area contributed by atoms with E-state index in [0.29, 0.717) is 10.9 Å². The molecule has 4 nitrogen and oxygen atoms in total. The first-order chi connectivity index (χ1) is 7.08. The van der Waals surface area contributed by atoms with Crippen LogP contribution in [0.3, 0.4) is 0 Å². The number of esters is 2. The van der Waals surface area contributed by atoms with Gasteiger partial charge in [-0.1, -0.05) is 22.5 Å². The van der Waals surface area contributed by atoms with Crippen molar-refractivity contribution in [1.82, 2.24) is 0 Å². The lowest BCUT2D eigenvalue weighted by Gasteiger charge is -2.14. The van der Waals surface area contributed by atoms with Crippen molar-refractivity contribution in [1.29, 1.82) is 0 Å². The summed E-state index contributed by atoms with van der Waals surface area (Å²) in [5.41, 5.74) is 0.437. The van der Waals surface area contributed by atoms with Gasteiger partial charge in [0.1, 0.15) is 0 Å². The Labute approximate surface area is 97.8 Å². The van der Waals surface area contributed by atoms with E-state index in [4.69, 9.17) is 9.47 Å². The van der Waals surface area contributed by atoms with Crippen LogP contribution < -0.4 is 0 Å². The zero-order chi connectivity index (χ0) is 11.8. The number of rotatable bonds is 6. The van der Waals surface area contributed by atoms with Crippen molar-refractivity contribution in [3.8, 4) is 0 Å². The second-order valence-electron chi connectivity index (χ2n) is 2.73. The fourth-order valence-corrected chi connectivity index (χ4v) is 1.28. The lowest BCUT2D eigenvalue weighted by atomic mass is 10.0. The van der Waals surface area contributed by atoms with Crippen molar-refractivity contribution in [2.45, 2.75) is 13.8 Å². The highest BCUT2D eigenvalue weighted by molar-refractivity contribution is 9.09. The van der Waals surface area contributed by atoms with E-state index in [1.54, 1.807) is 13.8 Å². The molecule has 0 unspecified atom stereocenters. The van der Waals surface area contributed by atoms with Crippen LogP contribution in [0.5, 0.6) is 0 Å². The third kappa shape index (κ3) is 4.46. The van der Waals surface area contributed by atoms with Crippen molar-refractivity contribution in [3.05, 3.63) is 12.2 Å². The summed E-state index contributed by atoms with van der Waals surface area (Å²) in [6.07, 6.45) is 0. The zero-order valence-corrected chi connectivity index (χ0v) is 10.5. The molecule has 0 aliphatic carbocycles. The number of alkyl halides is 1. The van der Waals surface area contributed by atoms with Gasteiger partial charge in [-0.05, 0) is 19.4 Å². The molecule has 0 saturated carbocycles. The van der Waals surface area contributed by atoms with Crippen LogP contribution in [0.1, 0.15) is 13.8 Å². The summed E-state index contributed by atoms with van der Waals surface area (Å²) in [6.45, 7) is 7.44. The van der Waals surface area contributed by atoms with Gasteiger partial charge >= 0.3 is 11.9 Å². The zero-order valence-electron chi connectivity index (χ0n) is 8.92. The maximum Gasteiger partial charge on any atom is 0.324 e. The van der Waals surface area contributed by atoms with E-state index in [-0.39, 0.29) is 13.2 Å². The molecule has 5 heteroatoms. The molecule has 0 bridgehead atoms. The lowest BCUT2D eigenvalue weighted by molar-refractivity contribution is -0.159. The molecule has 0 amide bonds. The molecular weight excluding hydrogens is 264 g/mol. The van der Waals surface area contributed by atoms with Gasteiger partial charge < -0.3 is 9.47 Å². The molecule has 0 N–H and O–H groups in total. The highest BCUT2D eigenvalue weighted by Crippen LogP contribution is 2.15. The molecule has 0 aliphatic rings. The molecule has 0 aliphatic heterocycles. The van der Waals surface area contributed by atoms with Crippen LogP contribution in [-0.4, -0.2) is 30.5 Å². The smallest absolute Gasteiger partial charge is 0.324 e. The average molecular weight is 279 g/mol. The molecule has 0 radical (unpaired) electrons. The highest BCUT2D eigenvalue weighted by atomic mass is 79.9. The fourth-order valence-electron chi connectivity index (χ4n) is 0.958. The lowest BCUT2D eigenvalue weighted by Crippen LogP contribution is -2.30. The number of ether oxygens (including phenoxy) is 2. The van der Waals surface area contributed by atoms with Gasteiger partial charge in [-0.2, -0.15) is 0 Å². The Morgan fingerprint density at radius 1 is 1.20 bits per heavy atom. The minimum Gasteiger partial charge on any atom is -0.465 e.